The van der Waals surface area contributed by atoms with Gasteiger partial charge in [0.1, 0.15) is 5.78 Å². The predicted molar refractivity (Wildman–Crippen MR) is 41.0 cm³/mol. The first-order chi connectivity index (χ1) is 5.61. The van der Waals surface area contributed by atoms with Crippen LogP contribution in [0, 0.1) is 0 Å². The number of carbonyl (C=O) groups is 1. The first-order valence-corrected chi connectivity index (χ1v) is 3.40. The SMILES string of the molecule is CC(=O)Cc1occc(=O)c1O. The molecule has 12 heavy (non-hydrogen) atoms. The van der Waals surface area contributed by atoms with E-state index in [2.05, 4.69) is 0 Å². The normalized spacial score (nSPS) is 9.75. The zero-order valence-electron chi connectivity index (χ0n) is 6.53. The quantitative estimate of drug-likeness (QED) is 0.697. The van der Waals surface area contributed by atoms with E-state index in [0.29, 0.717) is 0 Å². The molecule has 1 N–H and O–H groups in total. The van der Waals surface area contributed by atoms with Crippen LogP contribution in [0.2, 0.25) is 0 Å². The Balaban J connectivity index is 3.08. The third-order valence-corrected chi connectivity index (χ3v) is 1.34. The molecule has 0 atom stereocenters. The highest BCUT2D eigenvalue weighted by Crippen LogP contribution is 2.10. The summed E-state index contributed by atoms with van der Waals surface area (Å²) in [5, 5.41) is 9.09. The number of hydrogen-bond donors (Lipinski definition) is 1. The lowest BCUT2D eigenvalue weighted by Crippen LogP contribution is -2.04. The molecule has 0 saturated heterocycles. The Morgan fingerprint density at radius 1 is 1.67 bits per heavy atom. The van der Waals surface area contributed by atoms with Crippen molar-refractivity contribution in [1.82, 2.24) is 0 Å². The molecule has 0 bridgehead atoms. The maximum atomic E-state index is 10.8. The van der Waals surface area contributed by atoms with E-state index in [1.54, 1.807) is 0 Å². The van der Waals surface area contributed by atoms with Crippen molar-refractivity contribution < 1.29 is 14.3 Å². The summed E-state index contributed by atoms with van der Waals surface area (Å²) >= 11 is 0. The molecule has 64 valence electrons. The van der Waals surface area contributed by atoms with Gasteiger partial charge in [0.05, 0.1) is 12.7 Å². The molecule has 4 nitrogen and oxygen atoms in total. The molecular formula is C8H8O4. The zero-order chi connectivity index (χ0) is 9.14. The van der Waals surface area contributed by atoms with Crippen LogP contribution in [0.5, 0.6) is 5.75 Å². The summed E-state index contributed by atoms with van der Waals surface area (Å²) in [7, 11) is 0. The van der Waals surface area contributed by atoms with E-state index in [4.69, 9.17) is 9.52 Å². The summed E-state index contributed by atoms with van der Waals surface area (Å²) in [5.41, 5.74) is -0.530. The third-order valence-electron chi connectivity index (χ3n) is 1.34. The minimum Gasteiger partial charge on any atom is -0.502 e. The van der Waals surface area contributed by atoms with E-state index in [1.165, 1.54) is 6.92 Å². The Kier molecular flexibility index (Phi) is 2.28. The summed E-state index contributed by atoms with van der Waals surface area (Å²) in [6.45, 7) is 1.35. The molecule has 0 aliphatic rings. The lowest BCUT2D eigenvalue weighted by atomic mass is 10.2. The van der Waals surface area contributed by atoms with Gasteiger partial charge in [0.15, 0.2) is 5.76 Å². The molecule has 0 radical (unpaired) electrons. The maximum absolute atomic E-state index is 10.8. The Hall–Kier alpha value is -1.58. The van der Waals surface area contributed by atoms with Gasteiger partial charge in [-0.1, -0.05) is 0 Å². The molecule has 1 heterocycles. The average Bonchev–Trinajstić information content (AvgIpc) is 1.98. The van der Waals surface area contributed by atoms with Crippen LogP contribution >= 0.6 is 0 Å². The van der Waals surface area contributed by atoms with Gasteiger partial charge in [-0.2, -0.15) is 0 Å². The Morgan fingerprint density at radius 3 is 2.92 bits per heavy atom. The van der Waals surface area contributed by atoms with E-state index in [1.807, 2.05) is 0 Å². The number of Topliss-reactive ketones (excluding diaryl/α,β-unsaturated/α-hetero) is 1. The molecule has 4 heteroatoms. The predicted octanol–water partition coefficient (Wildman–Crippen LogP) is 0.477. The fourth-order valence-electron chi connectivity index (χ4n) is 0.802. The Bertz CT molecular complexity index is 350. The second-order valence-corrected chi connectivity index (χ2v) is 2.44. The minimum absolute atomic E-state index is 0.0231. The van der Waals surface area contributed by atoms with Crippen molar-refractivity contribution in [3.8, 4) is 5.75 Å². The monoisotopic (exact) mass is 168 g/mol. The highest BCUT2D eigenvalue weighted by atomic mass is 16.4. The molecule has 1 rings (SSSR count). The van der Waals surface area contributed by atoms with Crippen molar-refractivity contribution in [2.45, 2.75) is 13.3 Å². The summed E-state index contributed by atoms with van der Waals surface area (Å²) in [5.74, 6) is -0.623. The number of rotatable bonds is 2. The van der Waals surface area contributed by atoms with E-state index >= 15 is 0 Å². The number of hydrogen-bond acceptors (Lipinski definition) is 4. The molecule has 0 spiro atoms. The molecule has 0 fully saturated rings. The van der Waals surface area contributed by atoms with E-state index in [9.17, 15) is 9.59 Å². The number of ketones is 1. The van der Waals surface area contributed by atoms with Crippen LogP contribution in [0.4, 0.5) is 0 Å². The molecule has 0 amide bonds. The Labute approximate surface area is 68.4 Å². The first kappa shape index (κ1) is 8.52. The van der Waals surface area contributed by atoms with E-state index in [-0.39, 0.29) is 18.0 Å². The minimum atomic E-state index is -0.530. The average molecular weight is 168 g/mol. The van der Waals surface area contributed by atoms with Crippen molar-refractivity contribution in [2.75, 3.05) is 0 Å². The van der Waals surface area contributed by atoms with Crippen LogP contribution in [-0.4, -0.2) is 10.9 Å². The molecular weight excluding hydrogens is 160 g/mol. The second-order valence-electron chi connectivity index (χ2n) is 2.44. The summed E-state index contributed by atoms with van der Waals surface area (Å²) in [6, 6.07) is 1.10. The van der Waals surface area contributed by atoms with Gasteiger partial charge < -0.3 is 9.52 Å². The summed E-state index contributed by atoms with van der Waals surface area (Å²) in [6.07, 6.45) is 1.10. The van der Waals surface area contributed by atoms with Gasteiger partial charge >= 0.3 is 0 Å². The van der Waals surface area contributed by atoms with Crippen molar-refractivity contribution in [3.05, 3.63) is 28.3 Å². The van der Waals surface area contributed by atoms with Crippen LogP contribution in [0.15, 0.2) is 21.5 Å². The van der Waals surface area contributed by atoms with Crippen LogP contribution in [0.1, 0.15) is 12.7 Å². The first-order valence-electron chi connectivity index (χ1n) is 3.40. The molecule has 0 unspecified atom stereocenters. The van der Waals surface area contributed by atoms with Crippen molar-refractivity contribution >= 4 is 5.78 Å². The highest BCUT2D eigenvalue weighted by Gasteiger charge is 2.08. The van der Waals surface area contributed by atoms with Crippen LogP contribution in [0.25, 0.3) is 0 Å². The summed E-state index contributed by atoms with van der Waals surface area (Å²) in [4.78, 5) is 21.4. The van der Waals surface area contributed by atoms with Gasteiger partial charge in [-0.05, 0) is 6.92 Å². The molecule has 1 aromatic heterocycles. The molecule has 1 aromatic rings. The van der Waals surface area contributed by atoms with Gasteiger partial charge in [0.25, 0.3) is 0 Å². The molecule has 0 aromatic carbocycles. The van der Waals surface area contributed by atoms with Gasteiger partial charge in [-0.3, -0.25) is 9.59 Å². The molecule has 0 aliphatic heterocycles. The van der Waals surface area contributed by atoms with E-state index < -0.39 is 11.2 Å². The lowest BCUT2D eigenvalue weighted by Gasteiger charge is -1.97. The lowest BCUT2D eigenvalue weighted by molar-refractivity contribution is -0.116. The van der Waals surface area contributed by atoms with Crippen molar-refractivity contribution in [1.29, 1.82) is 0 Å². The highest BCUT2D eigenvalue weighted by molar-refractivity contribution is 5.78. The van der Waals surface area contributed by atoms with E-state index in [0.717, 1.165) is 12.3 Å². The maximum Gasteiger partial charge on any atom is 0.226 e. The Morgan fingerprint density at radius 2 is 2.33 bits per heavy atom. The fourth-order valence-corrected chi connectivity index (χ4v) is 0.802. The molecule has 0 aliphatic carbocycles. The summed E-state index contributed by atoms with van der Waals surface area (Å²) < 4.78 is 4.78. The van der Waals surface area contributed by atoms with Crippen LogP contribution in [-0.2, 0) is 11.2 Å². The standard InChI is InChI=1S/C8H8O4/c1-5(9)4-7-8(11)6(10)2-3-12-7/h2-3,11H,4H2,1H3. The van der Waals surface area contributed by atoms with Crippen LogP contribution < -0.4 is 5.43 Å². The molecule has 0 saturated carbocycles. The van der Waals surface area contributed by atoms with Crippen molar-refractivity contribution in [3.63, 3.8) is 0 Å². The van der Waals surface area contributed by atoms with Gasteiger partial charge in [0, 0.05) is 6.07 Å². The zero-order valence-corrected chi connectivity index (χ0v) is 6.53. The number of aromatic hydroxyl groups is 1. The smallest absolute Gasteiger partial charge is 0.226 e. The van der Waals surface area contributed by atoms with Crippen LogP contribution in [0.3, 0.4) is 0 Å². The van der Waals surface area contributed by atoms with Gasteiger partial charge in [-0.25, -0.2) is 0 Å². The fraction of sp³-hybridized carbons (Fsp3) is 0.250. The number of carbonyl (C=O) groups excluding carboxylic acids is 1. The van der Waals surface area contributed by atoms with Gasteiger partial charge in [0.2, 0.25) is 11.2 Å². The second kappa shape index (κ2) is 3.21. The van der Waals surface area contributed by atoms with Gasteiger partial charge in [-0.15, -0.1) is 0 Å². The topological polar surface area (TPSA) is 67.5 Å². The third kappa shape index (κ3) is 1.72. The van der Waals surface area contributed by atoms with Crippen molar-refractivity contribution in [2.24, 2.45) is 0 Å². The largest absolute Gasteiger partial charge is 0.502 e.